The standard InChI is InChI=1S/C22H27N5O2/c1-18(28)24-7-9-26(10-8-24)21-15-19(16-23-17-21)22(29)27-13-11-25(12-14-27)20-5-3-2-4-6-20/h2-6,15-17H,7-14H2,1H3. The van der Waals surface area contributed by atoms with Crippen LogP contribution in [0.5, 0.6) is 0 Å². The highest BCUT2D eigenvalue weighted by Gasteiger charge is 2.24. The predicted octanol–water partition coefficient (Wildman–Crippen LogP) is 1.71. The quantitative estimate of drug-likeness (QED) is 0.795. The fourth-order valence-corrected chi connectivity index (χ4v) is 3.99. The summed E-state index contributed by atoms with van der Waals surface area (Å²) in [5, 5.41) is 0. The van der Waals surface area contributed by atoms with Gasteiger partial charge in [-0.2, -0.15) is 0 Å². The molecule has 7 heteroatoms. The van der Waals surface area contributed by atoms with E-state index in [-0.39, 0.29) is 11.8 Å². The number of carbonyl (C=O) groups excluding carboxylic acids is 2. The lowest BCUT2D eigenvalue weighted by Crippen LogP contribution is -2.49. The topological polar surface area (TPSA) is 60.0 Å². The van der Waals surface area contributed by atoms with E-state index in [1.807, 2.05) is 34.1 Å². The largest absolute Gasteiger partial charge is 0.368 e. The van der Waals surface area contributed by atoms with Crippen molar-refractivity contribution in [2.75, 3.05) is 62.2 Å². The van der Waals surface area contributed by atoms with Crippen molar-refractivity contribution in [3.05, 3.63) is 54.4 Å². The maximum absolute atomic E-state index is 13.0. The molecule has 152 valence electrons. The molecule has 3 heterocycles. The van der Waals surface area contributed by atoms with Gasteiger partial charge in [-0.15, -0.1) is 0 Å². The summed E-state index contributed by atoms with van der Waals surface area (Å²) in [6, 6.07) is 12.2. The molecule has 29 heavy (non-hydrogen) atoms. The van der Waals surface area contributed by atoms with Gasteiger partial charge < -0.3 is 19.6 Å². The van der Waals surface area contributed by atoms with Crippen LogP contribution < -0.4 is 9.80 Å². The van der Waals surface area contributed by atoms with Gasteiger partial charge >= 0.3 is 0 Å². The first-order chi connectivity index (χ1) is 14.1. The van der Waals surface area contributed by atoms with Crippen LogP contribution in [-0.4, -0.2) is 79.0 Å². The highest BCUT2D eigenvalue weighted by molar-refractivity contribution is 5.95. The minimum Gasteiger partial charge on any atom is -0.368 e. The van der Waals surface area contributed by atoms with Gasteiger partial charge in [0.2, 0.25) is 5.91 Å². The molecule has 2 saturated heterocycles. The van der Waals surface area contributed by atoms with Crippen molar-refractivity contribution in [2.24, 2.45) is 0 Å². The van der Waals surface area contributed by atoms with Crippen LogP contribution in [-0.2, 0) is 4.79 Å². The molecule has 0 bridgehead atoms. The van der Waals surface area contributed by atoms with Gasteiger partial charge in [0, 0.05) is 71.2 Å². The Hall–Kier alpha value is -3.09. The van der Waals surface area contributed by atoms with E-state index in [0.29, 0.717) is 31.7 Å². The summed E-state index contributed by atoms with van der Waals surface area (Å²) in [6.45, 7) is 7.59. The van der Waals surface area contributed by atoms with Gasteiger partial charge in [0.15, 0.2) is 0 Å². The van der Waals surface area contributed by atoms with Crippen molar-refractivity contribution in [1.29, 1.82) is 0 Å². The zero-order valence-electron chi connectivity index (χ0n) is 16.8. The third-order valence-electron chi connectivity index (χ3n) is 5.75. The number of hydrogen-bond donors (Lipinski definition) is 0. The van der Waals surface area contributed by atoms with Crippen LogP contribution in [0.1, 0.15) is 17.3 Å². The maximum atomic E-state index is 13.0. The van der Waals surface area contributed by atoms with Crippen LogP contribution in [0, 0.1) is 0 Å². The SMILES string of the molecule is CC(=O)N1CCN(c2cncc(C(=O)N3CCN(c4ccccc4)CC3)c2)CC1. The molecule has 0 N–H and O–H groups in total. The van der Waals surface area contributed by atoms with E-state index >= 15 is 0 Å². The zero-order chi connectivity index (χ0) is 20.2. The molecular formula is C22H27N5O2. The Morgan fingerprint density at radius 2 is 1.34 bits per heavy atom. The van der Waals surface area contributed by atoms with E-state index in [9.17, 15) is 9.59 Å². The Balaban J connectivity index is 1.37. The molecule has 0 radical (unpaired) electrons. The fourth-order valence-electron chi connectivity index (χ4n) is 3.99. The van der Waals surface area contributed by atoms with Gasteiger partial charge in [-0.05, 0) is 18.2 Å². The normalized spacial score (nSPS) is 17.4. The van der Waals surface area contributed by atoms with E-state index in [0.717, 1.165) is 31.9 Å². The number of pyridine rings is 1. The second kappa shape index (κ2) is 8.51. The zero-order valence-corrected chi connectivity index (χ0v) is 16.8. The molecule has 2 amide bonds. The van der Waals surface area contributed by atoms with Crippen LogP contribution >= 0.6 is 0 Å². The summed E-state index contributed by atoms with van der Waals surface area (Å²) in [5.41, 5.74) is 2.78. The smallest absolute Gasteiger partial charge is 0.255 e. The van der Waals surface area contributed by atoms with Crippen molar-refractivity contribution < 1.29 is 9.59 Å². The number of anilines is 2. The van der Waals surface area contributed by atoms with Crippen molar-refractivity contribution in [2.45, 2.75) is 6.92 Å². The van der Waals surface area contributed by atoms with Crippen molar-refractivity contribution >= 4 is 23.2 Å². The van der Waals surface area contributed by atoms with Gasteiger partial charge in [0.05, 0.1) is 17.4 Å². The van der Waals surface area contributed by atoms with E-state index < -0.39 is 0 Å². The lowest BCUT2D eigenvalue weighted by atomic mass is 10.2. The minimum atomic E-state index is 0.0365. The van der Waals surface area contributed by atoms with Crippen LogP contribution in [0.2, 0.25) is 0 Å². The second-order valence-corrected chi connectivity index (χ2v) is 7.54. The monoisotopic (exact) mass is 393 g/mol. The molecule has 0 saturated carbocycles. The first-order valence-electron chi connectivity index (χ1n) is 10.2. The average molecular weight is 393 g/mol. The molecule has 0 aliphatic carbocycles. The number of piperazine rings is 2. The van der Waals surface area contributed by atoms with Crippen molar-refractivity contribution in [3.8, 4) is 0 Å². The Bertz CT molecular complexity index is 857. The fraction of sp³-hybridized carbons (Fsp3) is 0.409. The highest BCUT2D eigenvalue weighted by atomic mass is 16.2. The molecule has 7 nitrogen and oxygen atoms in total. The lowest BCUT2D eigenvalue weighted by molar-refractivity contribution is -0.129. The van der Waals surface area contributed by atoms with E-state index in [1.165, 1.54) is 5.69 Å². The summed E-state index contributed by atoms with van der Waals surface area (Å²) >= 11 is 0. The van der Waals surface area contributed by atoms with Gasteiger partial charge in [-0.3, -0.25) is 14.6 Å². The summed E-state index contributed by atoms with van der Waals surface area (Å²) in [7, 11) is 0. The number of rotatable bonds is 3. The van der Waals surface area contributed by atoms with E-state index in [2.05, 4.69) is 26.9 Å². The molecule has 2 aliphatic heterocycles. The van der Waals surface area contributed by atoms with Crippen molar-refractivity contribution in [3.63, 3.8) is 0 Å². The molecule has 2 aliphatic rings. The maximum Gasteiger partial charge on any atom is 0.255 e. The minimum absolute atomic E-state index is 0.0365. The average Bonchev–Trinajstić information content (AvgIpc) is 2.79. The predicted molar refractivity (Wildman–Crippen MR) is 113 cm³/mol. The summed E-state index contributed by atoms with van der Waals surface area (Å²) in [5.74, 6) is 0.149. The number of aromatic nitrogens is 1. The summed E-state index contributed by atoms with van der Waals surface area (Å²) in [6.07, 6.45) is 3.45. The Labute approximate surface area is 171 Å². The molecule has 2 aromatic rings. The molecule has 4 rings (SSSR count). The first kappa shape index (κ1) is 19.2. The van der Waals surface area contributed by atoms with Crippen LogP contribution in [0.4, 0.5) is 11.4 Å². The number of nitrogens with zero attached hydrogens (tertiary/aromatic N) is 5. The number of amides is 2. The van der Waals surface area contributed by atoms with Crippen LogP contribution in [0.25, 0.3) is 0 Å². The third kappa shape index (κ3) is 4.34. The Kier molecular flexibility index (Phi) is 5.64. The number of hydrogen-bond acceptors (Lipinski definition) is 5. The lowest BCUT2D eigenvalue weighted by Gasteiger charge is -2.37. The molecule has 1 aromatic heterocycles. The van der Waals surface area contributed by atoms with Gasteiger partial charge in [0.25, 0.3) is 5.91 Å². The third-order valence-corrected chi connectivity index (χ3v) is 5.75. The van der Waals surface area contributed by atoms with Crippen LogP contribution in [0.15, 0.2) is 48.8 Å². The molecule has 0 unspecified atom stereocenters. The van der Waals surface area contributed by atoms with E-state index in [4.69, 9.17) is 0 Å². The van der Waals surface area contributed by atoms with E-state index in [1.54, 1.807) is 19.3 Å². The molecule has 1 aromatic carbocycles. The van der Waals surface area contributed by atoms with Gasteiger partial charge in [-0.25, -0.2) is 0 Å². The Morgan fingerprint density at radius 1 is 0.759 bits per heavy atom. The van der Waals surface area contributed by atoms with Crippen molar-refractivity contribution in [1.82, 2.24) is 14.8 Å². The Morgan fingerprint density at radius 3 is 1.97 bits per heavy atom. The molecule has 2 fully saturated rings. The van der Waals surface area contributed by atoms with Gasteiger partial charge in [0.1, 0.15) is 0 Å². The second-order valence-electron chi connectivity index (χ2n) is 7.54. The molecule has 0 spiro atoms. The molecule has 0 atom stereocenters. The first-order valence-corrected chi connectivity index (χ1v) is 10.2. The van der Waals surface area contributed by atoms with Crippen LogP contribution in [0.3, 0.4) is 0 Å². The number of benzene rings is 1. The number of carbonyl (C=O) groups is 2. The molecular weight excluding hydrogens is 366 g/mol. The highest BCUT2D eigenvalue weighted by Crippen LogP contribution is 2.20. The van der Waals surface area contributed by atoms with Gasteiger partial charge in [-0.1, -0.05) is 18.2 Å². The summed E-state index contributed by atoms with van der Waals surface area (Å²) in [4.78, 5) is 37.1. The number of para-hydroxylation sites is 1. The summed E-state index contributed by atoms with van der Waals surface area (Å²) < 4.78 is 0.